The highest BCUT2D eigenvalue weighted by Crippen LogP contribution is 2.19. The molecule has 0 aromatic rings. The molecule has 0 aliphatic rings. The highest BCUT2D eigenvalue weighted by Gasteiger charge is 2.11. The Bertz CT molecular complexity index is 229. The van der Waals surface area contributed by atoms with Crippen LogP contribution in [0.3, 0.4) is 0 Å². The lowest BCUT2D eigenvalue weighted by atomic mass is 10.2. The molecule has 0 N–H and O–H groups in total. The van der Waals surface area contributed by atoms with Gasteiger partial charge in [0.1, 0.15) is 0 Å². The van der Waals surface area contributed by atoms with E-state index >= 15 is 0 Å². The highest BCUT2D eigenvalue weighted by atomic mass is 32.2. The maximum absolute atomic E-state index is 5.62. The van der Waals surface area contributed by atoms with Crippen LogP contribution in [0.25, 0.3) is 0 Å². The Morgan fingerprint density at radius 2 is 1.80 bits per heavy atom. The monoisotopic (exact) mass is 248 g/mol. The van der Waals surface area contributed by atoms with Crippen molar-refractivity contribution in [3.63, 3.8) is 0 Å². The van der Waals surface area contributed by atoms with Crippen LogP contribution >= 0.6 is 24.0 Å². The van der Waals surface area contributed by atoms with Crippen LogP contribution in [-0.4, -0.2) is 16.7 Å². The molecule has 0 aliphatic carbocycles. The third-order valence-corrected chi connectivity index (χ3v) is 2.83. The molecule has 0 saturated heterocycles. The first-order chi connectivity index (χ1) is 7.04. The van der Waals surface area contributed by atoms with Gasteiger partial charge < -0.3 is 9.47 Å². The summed E-state index contributed by atoms with van der Waals surface area (Å²) in [4.78, 5) is 0. The lowest BCUT2D eigenvalue weighted by Gasteiger charge is -2.17. The number of ether oxygens (including phenoxy) is 2. The quantitative estimate of drug-likeness (QED) is 0.538. The van der Waals surface area contributed by atoms with Crippen molar-refractivity contribution < 1.29 is 9.47 Å². The zero-order valence-corrected chi connectivity index (χ0v) is 11.8. The van der Waals surface area contributed by atoms with E-state index in [0.29, 0.717) is 10.3 Å². The van der Waals surface area contributed by atoms with Gasteiger partial charge >= 0.3 is 0 Å². The largest absolute Gasteiger partial charge is 0.462 e. The van der Waals surface area contributed by atoms with Crippen molar-refractivity contribution >= 4 is 28.4 Å². The minimum absolute atomic E-state index is 0.109. The van der Waals surface area contributed by atoms with Crippen molar-refractivity contribution in [1.29, 1.82) is 0 Å². The fraction of sp³-hybridized carbons (Fsp3) is 0.727. The molecule has 0 spiro atoms. The average Bonchev–Trinajstić information content (AvgIpc) is 2.18. The van der Waals surface area contributed by atoms with E-state index in [1.165, 1.54) is 17.3 Å². The first-order valence-electron chi connectivity index (χ1n) is 5.19. The summed E-state index contributed by atoms with van der Waals surface area (Å²) < 4.78 is 11.6. The van der Waals surface area contributed by atoms with Gasteiger partial charge in [0.2, 0.25) is 4.38 Å². The van der Waals surface area contributed by atoms with Gasteiger partial charge in [-0.25, -0.2) is 0 Å². The summed E-state index contributed by atoms with van der Waals surface area (Å²) in [5, 5.41) is 0. The second-order valence-corrected chi connectivity index (χ2v) is 4.73. The Labute approximate surface area is 102 Å². The Kier molecular flexibility index (Phi) is 7.88. The van der Waals surface area contributed by atoms with Crippen LogP contribution in [-0.2, 0) is 9.47 Å². The fourth-order valence-corrected chi connectivity index (χ4v) is 1.28. The van der Waals surface area contributed by atoms with Gasteiger partial charge in [-0.1, -0.05) is 25.6 Å². The van der Waals surface area contributed by atoms with E-state index in [1.54, 1.807) is 0 Å². The fourth-order valence-electron chi connectivity index (χ4n) is 1.05. The van der Waals surface area contributed by atoms with Crippen LogP contribution in [0.4, 0.5) is 0 Å². The summed E-state index contributed by atoms with van der Waals surface area (Å²) in [6.07, 6.45) is 3.86. The molecule has 15 heavy (non-hydrogen) atoms. The van der Waals surface area contributed by atoms with Gasteiger partial charge in [-0.3, -0.25) is 0 Å². The van der Waals surface area contributed by atoms with Crippen molar-refractivity contribution in [3.8, 4) is 0 Å². The second kappa shape index (κ2) is 7.99. The molecule has 0 aromatic carbocycles. The van der Waals surface area contributed by atoms with E-state index in [1.807, 2.05) is 20.1 Å². The van der Waals surface area contributed by atoms with Gasteiger partial charge in [-0.2, -0.15) is 0 Å². The van der Waals surface area contributed by atoms with Gasteiger partial charge in [0.05, 0.1) is 6.10 Å². The van der Waals surface area contributed by atoms with E-state index in [9.17, 15) is 0 Å². The van der Waals surface area contributed by atoms with E-state index in [0.717, 1.165) is 12.8 Å². The molecule has 0 amide bonds. The van der Waals surface area contributed by atoms with E-state index in [4.69, 9.17) is 21.7 Å². The van der Waals surface area contributed by atoms with E-state index in [-0.39, 0.29) is 6.10 Å². The molecule has 0 rings (SSSR count). The molecule has 0 heterocycles. The molecule has 0 fully saturated rings. The predicted octanol–water partition coefficient (Wildman–Crippen LogP) is 4.11. The maximum atomic E-state index is 5.62. The lowest BCUT2D eigenvalue weighted by Crippen LogP contribution is -2.10. The molecular formula is C11H20O2S2. The minimum Gasteiger partial charge on any atom is -0.462 e. The van der Waals surface area contributed by atoms with Crippen LogP contribution in [0.1, 0.15) is 40.5 Å². The molecule has 0 bridgehead atoms. The summed E-state index contributed by atoms with van der Waals surface area (Å²) >= 11 is 6.44. The van der Waals surface area contributed by atoms with E-state index < -0.39 is 0 Å². The summed E-state index contributed by atoms with van der Waals surface area (Å²) in [7, 11) is 0. The highest BCUT2D eigenvalue weighted by molar-refractivity contribution is 8.22. The average molecular weight is 248 g/mol. The summed E-state index contributed by atoms with van der Waals surface area (Å²) in [5.74, 6) is 0.592. The Balaban J connectivity index is 4.70. The van der Waals surface area contributed by atoms with Crippen LogP contribution in [0, 0.1) is 0 Å². The van der Waals surface area contributed by atoms with Crippen molar-refractivity contribution in [2.45, 2.75) is 46.6 Å². The summed E-state index contributed by atoms with van der Waals surface area (Å²) in [6, 6.07) is 0. The van der Waals surface area contributed by atoms with E-state index in [2.05, 4.69) is 13.8 Å². The number of thiocarbonyl (C=S) groups is 1. The first kappa shape index (κ1) is 14.8. The minimum atomic E-state index is 0.109. The number of thioether (sulfide) groups is 1. The van der Waals surface area contributed by atoms with Crippen molar-refractivity contribution in [1.82, 2.24) is 0 Å². The Hall–Kier alpha value is -0.220. The van der Waals surface area contributed by atoms with Crippen LogP contribution in [0.5, 0.6) is 0 Å². The standard InChI is InChI=1S/C11H20O2S2/c1-6-9(7-2)10(12-8(3)4)13-11(14)15-5/h8H,6-7H2,1-5H3. The molecule has 0 saturated carbocycles. The number of rotatable bonds is 5. The number of hydrogen-bond donors (Lipinski definition) is 0. The second-order valence-electron chi connectivity index (χ2n) is 3.32. The molecule has 0 unspecified atom stereocenters. The van der Waals surface area contributed by atoms with Crippen molar-refractivity contribution in [2.24, 2.45) is 0 Å². The maximum Gasteiger partial charge on any atom is 0.285 e. The third-order valence-electron chi connectivity index (χ3n) is 1.83. The van der Waals surface area contributed by atoms with Gasteiger partial charge in [0.15, 0.2) is 0 Å². The molecule has 0 aromatic heterocycles. The predicted molar refractivity (Wildman–Crippen MR) is 71.0 cm³/mol. The molecule has 4 heteroatoms. The van der Waals surface area contributed by atoms with Gasteiger partial charge in [0.25, 0.3) is 5.95 Å². The zero-order valence-electron chi connectivity index (χ0n) is 10.1. The zero-order chi connectivity index (χ0) is 11.8. The molecule has 0 atom stereocenters. The molecular weight excluding hydrogens is 228 g/mol. The molecule has 0 aliphatic heterocycles. The van der Waals surface area contributed by atoms with Gasteiger partial charge in [-0.05, 0) is 45.2 Å². The van der Waals surface area contributed by atoms with Crippen LogP contribution in [0.2, 0.25) is 0 Å². The first-order valence-corrected chi connectivity index (χ1v) is 6.82. The van der Waals surface area contributed by atoms with Crippen molar-refractivity contribution in [3.05, 3.63) is 11.5 Å². The number of allylic oxidation sites excluding steroid dienone is 1. The smallest absolute Gasteiger partial charge is 0.285 e. The molecule has 0 radical (unpaired) electrons. The van der Waals surface area contributed by atoms with Crippen LogP contribution < -0.4 is 0 Å². The Morgan fingerprint density at radius 3 is 2.13 bits per heavy atom. The molecule has 2 nitrogen and oxygen atoms in total. The summed E-state index contributed by atoms with van der Waals surface area (Å²) in [5.41, 5.74) is 1.17. The lowest BCUT2D eigenvalue weighted by molar-refractivity contribution is 0.0566. The third kappa shape index (κ3) is 6.05. The topological polar surface area (TPSA) is 18.5 Å². The SMILES string of the molecule is CCC(CC)=C(OC(=S)SC)OC(C)C. The van der Waals surface area contributed by atoms with Crippen LogP contribution in [0.15, 0.2) is 11.5 Å². The van der Waals surface area contributed by atoms with Crippen molar-refractivity contribution in [2.75, 3.05) is 6.26 Å². The normalized spacial score (nSPS) is 10.0. The summed E-state index contributed by atoms with van der Waals surface area (Å²) in [6.45, 7) is 8.14. The van der Waals surface area contributed by atoms with Gasteiger partial charge in [0, 0.05) is 5.57 Å². The van der Waals surface area contributed by atoms with Gasteiger partial charge in [-0.15, -0.1) is 0 Å². The molecule has 88 valence electrons. The Morgan fingerprint density at radius 1 is 1.27 bits per heavy atom. The number of hydrogen-bond acceptors (Lipinski definition) is 4.